The highest BCUT2D eigenvalue weighted by Gasteiger charge is 2.10. The Kier molecular flexibility index (Phi) is 10.9. The molecule has 1 aliphatic heterocycles. The third kappa shape index (κ3) is 5.27. The van der Waals surface area contributed by atoms with Crippen molar-refractivity contribution in [1.82, 2.24) is 10.3 Å². The van der Waals surface area contributed by atoms with Gasteiger partial charge >= 0.3 is 0 Å². The van der Waals surface area contributed by atoms with Crippen LogP contribution in [0.2, 0.25) is 0 Å². The Morgan fingerprint density at radius 2 is 1.82 bits per heavy atom. The molecule has 100 valence electrons. The zero-order valence-corrected chi connectivity index (χ0v) is 11.9. The number of pyridine rings is 1. The summed E-state index contributed by atoms with van der Waals surface area (Å²) in [5.74, 6) is 1.06. The molecule has 7 heteroatoms. The summed E-state index contributed by atoms with van der Waals surface area (Å²) in [6, 6.07) is 4.10. The number of nitrogens with two attached hydrogens (primary N) is 1. The summed E-state index contributed by atoms with van der Waals surface area (Å²) in [6.07, 6.45) is 1.86. The molecule has 1 fully saturated rings. The molecule has 2 rings (SSSR count). The van der Waals surface area contributed by atoms with Crippen LogP contribution in [0.25, 0.3) is 0 Å². The SMILES string of the molecule is Cl.Cl.Cl.NCc1ccc(N2CCNCC2)nc1. The number of aromatic nitrogens is 1. The van der Waals surface area contributed by atoms with Gasteiger partial charge in [-0.3, -0.25) is 0 Å². The van der Waals surface area contributed by atoms with Crippen molar-refractivity contribution < 1.29 is 0 Å². The lowest BCUT2D eigenvalue weighted by molar-refractivity contribution is 0.585. The molecule has 1 aromatic rings. The number of hydrogen-bond acceptors (Lipinski definition) is 4. The molecule has 0 radical (unpaired) electrons. The number of rotatable bonds is 2. The monoisotopic (exact) mass is 300 g/mol. The van der Waals surface area contributed by atoms with Crippen LogP contribution in [-0.4, -0.2) is 31.2 Å². The average Bonchev–Trinajstić information content (AvgIpc) is 2.30. The van der Waals surface area contributed by atoms with E-state index in [0.29, 0.717) is 6.54 Å². The molecule has 0 bridgehead atoms. The maximum absolute atomic E-state index is 5.51. The van der Waals surface area contributed by atoms with Gasteiger partial charge in [-0.25, -0.2) is 4.98 Å². The first-order valence-corrected chi connectivity index (χ1v) is 5.01. The summed E-state index contributed by atoms with van der Waals surface area (Å²) >= 11 is 0. The van der Waals surface area contributed by atoms with Gasteiger partial charge < -0.3 is 16.0 Å². The molecule has 0 spiro atoms. The molecule has 1 saturated heterocycles. The molecule has 0 unspecified atom stereocenters. The number of piperazine rings is 1. The Morgan fingerprint density at radius 3 is 2.29 bits per heavy atom. The molecule has 0 aliphatic carbocycles. The molecule has 0 amide bonds. The zero-order valence-electron chi connectivity index (χ0n) is 9.46. The maximum atomic E-state index is 5.51. The van der Waals surface area contributed by atoms with Crippen molar-refractivity contribution in [3.8, 4) is 0 Å². The van der Waals surface area contributed by atoms with Crippen LogP contribution in [0.1, 0.15) is 5.56 Å². The predicted octanol–water partition coefficient (Wildman–Crippen LogP) is 1.22. The van der Waals surface area contributed by atoms with Gasteiger partial charge in [-0.15, -0.1) is 37.2 Å². The van der Waals surface area contributed by atoms with Crippen molar-refractivity contribution in [3.05, 3.63) is 23.9 Å². The number of nitrogens with zero attached hydrogens (tertiary/aromatic N) is 2. The van der Waals surface area contributed by atoms with E-state index in [1.165, 1.54) is 0 Å². The Labute approximate surface area is 121 Å². The summed E-state index contributed by atoms with van der Waals surface area (Å²) in [6.45, 7) is 4.72. The molecule has 3 N–H and O–H groups in total. The van der Waals surface area contributed by atoms with Gasteiger partial charge in [0, 0.05) is 38.9 Å². The maximum Gasteiger partial charge on any atom is 0.128 e. The minimum absolute atomic E-state index is 0. The second-order valence-electron chi connectivity index (χ2n) is 3.47. The van der Waals surface area contributed by atoms with Crippen LogP contribution >= 0.6 is 37.2 Å². The van der Waals surface area contributed by atoms with Crippen molar-refractivity contribution in [2.75, 3.05) is 31.1 Å². The van der Waals surface area contributed by atoms with Crippen LogP contribution in [0.5, 0.6) is 0 Å². The van der Waals surface area contributed by atoms with Crippen LogP contribution in [0, 0.1) is 0 Å². The molecule has 2 heterocycles. The van der Waals surface area contributed by atoms with Crippen molar-refractivity contribution in [2.45, 2.75) is 6.54 Å². The predicted molar refractivity (Wildman–Crippen MR) is 79.0 cm³/mol. The van der Waals surface area contributed by atoms with E-state index in [-0.39, 0.29) is 37.2 Å². The second kappa shape index (κ2) is 9.74. The molecule has 1 aliphatic rings. The van der Waals surface area contributed by atoms with Gasteiger partial charge in [-0.1, -0.05) is 6.07 Å². The average molecular weight is 302 g/mol. The van der Waals surface area contributed by atoms with Crippen molar-refractivity contribution in [1.29, 1.82) is 0 Å². The number of nitrogens with one attached hydrogen (secondary N) is 1. The number of anilines is 1. The van der Waals surface area contributed by atoms with E-state index in [9.17, 15) is 0 Å². The van der Waals surface area contributed by atoms with E-state index < -0.39 is 0 Å². The zero-order chi connectivity index (χ0) is 9.80. The molecule has 4 nitrogen and oxygen atoms in total. The van der Waals surface area contributed by atoms with Crippen molar-refractivity contribution in [2.24, 2.45) is 5.73 Å². The first-order valence-electron chi connectivity index (χ1n) is 5.01. The van der Waals surface area contributed by atoms with Crippen LogP contribution in [0.3, 0.4) is 0 Å². The highest BCUT2D eigenvalue weighted by molar-refractivity contribution is 5.86. The van der Waals surface area contributed by atoms with Crippen LogP contribution in [0.4, 0.5) is 5.82 Å². The number of hydrogen-bond donors (Lipinski definition) is 2. The Bertz CT molecular complexity index is 288. The molecular weight excluding hydrogens is 282 g/mol. The fourth-order valence-corrected chi connectivity index (χ4v) is 1.62. The van der Waals surface area contributed by atoms with Crippen molar-refractivity contribution >= 4 is 43.0 Å². The van der Waals surface area contributed by atoms with Gasteiger partial charge in [0.2, 0.25) is 0 Å². The molecular formula is C10H19Cl3N4. The summed E-state index contributed by atoms with van der Waals surface area (Å²) in [7, 11) is 0. The normalized spacial score (nSPS) is 14.1. The lowest BCUT2D eigenvalue weighted by Gasteiger charge is -2.28. The fraction of sp³-hybridized carbons (Fsp3) is 0.500. The smallest absolute Gasteiger partial charge is 0.128 e. The first-order chi connectivity index (χ1) is 6.90. The molecule has 0 saturated carbocycles. The molecule has 0 atom stereocenters. The third-order valence-corrected chi connectivity index (χ3v) is 2.49. The molecule has 1 aromatic heterocycles. The number of halogens is 3. The standard InChI is InChI=1S/C10H16N4.3ClH/c11-7-9-1-2-10(13-8-9)14-5-3-12-4-6-14;;;/h1-2,8,12H,3-7,11H2;3*1H. The van der Waals surface area contributed by atoms with Crippen LogP contribution in [-0.2, 0) is 6.54 Å². The van der Waals surface area contributed by atoms with Gasteiger partial charge in [0.05, 0.1) is 0 Å². The molecule has 17 heavy (non-hydrogen) atoms. The van der Waals surface area contributed by atoms with E-state index in [1.807, 2.05) is 18.3 Å². The summed E-state index contributed by atoms with van der Waals surface area (Å²) < 4.78 is 0. The highest BCUT2D eigenvalue weighted by atomic mass is 35.5. The lowest BCUT2D eigenvalue weighted by Crippen LogP contribution is -2.43. The molecule has 0 aromatic carbocycles. The van der Waals surface area contributed by atoms with Gasteiger partial charge in [0.1, 0.15) is 5.82 Å². The Hall–Kier alpha value is -0.260. The van der Waals surface area contributed by atoms with Gasteiger partial charge in [-0.2, -0.15) is 0 Å². The second-order valence-corrected chi connectivity index (χ2v) is 3.47. The quantitative estimate of drug-likeness (QED) is 0.862. The van der Waals surface area contributed by atoms with E-state index in [4.69, 9.17) is 5.73 Å². The Balaban J connectivity index is 0. The van der Waals surface area contributed by atoms with Gasteiger partial charge in [0.15, 0.2) is 0 Å². The van der Waals surface area contributed by atoms with Gasteiger partial charge in [-0.05, 0) is 11.6 Å². The van der Waals surface area contributed by atoms with E-state index >= 15 is 0 Å². The van der Waals surface area contributed by atoms with E-state index in [0.717, 1.165) is 37.6 Å². The largest absolute Gasteiger partial charge is 0.354 e. The van der Waals surface area contributed by atoms with Crippen molar-refractivity contribution in [3.63, 3.8) is 0 Å². The van der Waals surface area contributed by atoms with E-state index in [2.05, 4.69) is 15.2 Å². The lowest BCUT2D eigenvalue weighted by atomic mass is 10.2. The fourth-order valence-electron chi connectivity index (χ4n) is 1.62. The topological polar surface area (TPSA) is 54.2 Å². The summed E-state index contributed by atoms with van der Waals surface area (Å²) in [5, 5.41) is 3.32. The van der Waals surface area contributed by atoms with Crippen LogP contribution < -0.4 is 16.0 Å². The van der Waals surface area contributed by atoms with Gasteiger partial charge in [0.25, 0.3) is 0 Å². The minimum Gasteiger partial charge on any atom is -0.354 e. The summed E-state index contributed by atoms with van der Waals surface area (Å²) in [5.41, 5.74) is 6.60. The van der Waals surface area contributed by atoms with E-state index in [1.54, 1.807) is 0 Å². The third-order valence-electron chi connectivity index (χ3n) is 2.49. The highest BCUT2D eigenvalue weighted by Crippen LogP contribution is 2.11. The first kappa shape index (κ1) is 19.1. The van der Waals surface area contributed by atoms with Crippen LogP contribution in [0.15, 0.2) is 18.3 Å². The summed E-state index contributed by atoms with van der Waals surface area (Å²) in [4.78, 5) is 6.68. The minimum atomic E-state index is 0. The Morgan fingerprint density at radius 1 is 1.18 bits per heavy atom.